The van der Waals surface area contributed by atoms with Crippen LogP contribution in [0.25, 0.3) is 0 Å². The number of nitrogens with zero attached hydrogens (tertiary/aromatic N) is 2. The van der Waals surface area contributed by atoms with Crippen LogP contribution in [0.5, 0.6) is 0 Å². The molecule has 0 spiro atoms. The Kier molecular flexibility index (Phi) is 8.49. The molecule has 0 atom stereocenters. The van der Waals surface area contributed by atoms with Crippen molar-refractivity contribution in [2.75, 3.05) is 33.7 Å². The first-order valence-corrected chi connectivity index (χ1v) is 8.86. The number of thiophene rings is 1. The van der Waals surface area contributed by atoms with Gasteiger partial charge >= 0.3 is 0 Å². The Balaban J connectivity index is 2.52. The maximum atomic E-state index is 3.49. The maximum Gasteiger partial charge on any atom is 0.0328 e. The zero-order valence-corrected chi connectivity index (χ0v) is 15.5. The van der Waals surface area contributed by atoms with Crippen molar-refractivity contribution in [2.45, 2.75) is 46.8 Å². The minimum atomic E-state index is 0.549. The third-order valence-corrected chi connectivity index (χ3v) is 4.34. The first-order valence-electron chi connectivity index (χ1n) is 8.05. The molecule has 1 rings (SSSR count). The van der Waals surface area contributed by atoms with Crippen molar-refractivity contribution >= 4 is 11.3 Å². The molecular formula is C17H33N3S. The molecule has 0 aliphatic rings. The monoisotopic (exact) mass is 311 g/mol. The summed E-state index contributed by atoms with van der Waals surface area (Å²) in [5.74, 6) is 0.717. The van der Waals surface area contributed by atoms with Crippen molar-refractivity contribution in [3.8, 4) is 0 Å². The number of nitrogens with one attached hydrogen (secondary N) is 1. The van der Waals surface area contributed by atoms with Crippen molar-refractivity contribution in [3.63, 3.8) is 0 Å². The lowest BCUT2D eigenvalue weighted by Crippen LogP contribution is -2.33. The zero-order valence-electron chi connectivity index (χ0n) is 14.6. The average Bonchev–Trinajstić information content (AvgIpc) is 2.80. The fourth-order valence-electron chi connectivity index (χ4n) is 2.22. The van der Waals surface area contributed by atoms with E-state index < -0.39 is 0 Å². The topological polar surface area (TPSA) is 18.5 Å². The summed E-state index contributed by atoms with van der Waals surface area (Å²) in [5, 5.41) is 3.49. The van der Waals surface area contributed by atoms with E-state index in [1.54, 1.807) is 0 Å². The molecule has 0 radical (unpaired) electrons. The average molecular weight is 312 g/mol. The fraction of sp³-hybridized carbons (Fsp3) is 0.765. The van der Waals surface area contributed by atoms with Crippen molar-refractivity contribution in [3.05, 3.63) is 21.9 Å². The molecule has 21 heavy (non-hydrogen) atoms. The van der Waals surface area contributed by atoms with Gasteiger partial charge in [-0.25, -0.2) is 0 Å². The van der Waals surface area contributed by atoms with Crippen LogP contribution in [0.3, 0.4) is 0 Å². The molecule has 0 fully saturated rings. The summed E-state index contributed by atoms with van der Waals surface area (Å²) in [6.07, 6.45) is 0. The number of hydrogen-bond donors (Lipinski definition) is 1. The molecular weight excluding hydrogens is 278 g/mol. The Morgan fingerprint density at radius 2 is 1.71 bits per heavy atom. The molecule has 4 heteroatoms. The van der Waals surface area contributed by atoms with E-state index in [9.17, 15) is 0 Å². The standard InChI is InChI=1S/C17H33N3S/c1-14(2)12-20(10-9-19(5)6)13-17-8-7-16(21-17)11-18-15(3)4/h7-8,14-15,18H,9-13H2,1-6H3. The molecule has 1 aromatic heterocycles. The summed E-state index contributed by atoms with van der Waals surface area (Å²) in [4.78, 5) is 7.77. The van der Waals surface area contributed by atoms with Crippen LogP contribution in [0.4, 0.5) is 0 Å². The van der Waals surface area contributed by atoms with Gasteiger partial charge in [0.2, 0.25) is 0 Å². The minimum Gasteiger partial charge on any atom is -0.310 e. The summed E-state index contributed by atoms with van der Waals surface area (Å²) in [6, 6.07) is 5.12. The Morgan fingerprint density at radius 1 is 1.05 bits per heavy atom. The second-order valence-electron chi connectivity index (χ2n) is 6.84. The van der Waals surface area contributed by atoms with Crippen LogP contribution in [-0.4, -0.2) is 49.6 Å². The second-order valence-corrected chi connectivity index (χ2v) is 8.09. The first-order chi connectivity index (χ1) is 9.86. The Hall–Kier alpha value is -0.420. The predicted octanol–water partition coefficient (Wildman–Crippen LogP) is 3.27. The quantitative estimate of drug-likeness (QED) is 0.715. The van der Waals surface area contributed by atoms with Crippen LogP contribution in [0.1, 0.15) is 37.4 Å². The van der Waals surface area contributed by atoms with Gasteiger partial charge in [0, 0.05) is 48.5 Å². The molecule has 122 valence electrons. The Morgan fingerprint density at radius 3 is 2.29 bits per heavy atom. The Bertz CT molecular complexity index is 385. The lowest BCUT2D eigenvalue weighted by Gasteiger charge is -2.25. The number of likely N-dealkylation sites (N-methyl/N-ethyl adjacent to an activating group) is 1. The zero-order chi connectivity index (χ0) is 15.8. The predicted molar refractivity (Wildman–Crippen MR) is 95.0 cm³/mol. The van der Waals surface area contributed by atoms with E-state index in [4.69, 9.17) is 0 Å². The van der Waals surface area contributed by atoms with E-state index in [-0.39, 0.29) is 0 Å². The maximum absolute atomic E-state index is 3.49. The van der Waals surface area contributed by atoms with Crippen molar-refractivity contribution < 1.29 is 0 Å². The minimum absolute atomic E-state index is 0.549. The van der Waals surface area contributed by atoms with E-state index >= 15 is 0 Å². The van der Waals surface area contributed by atoms with Crippen LogP contribution in [0.15, 0.2) is 12.1 Å². The SMILES string of the molecule is CC(C)CN(CCN(C)C)Cc1ccc(CNC(C)C)s1. The van der Waals surface area contributed by atoms with Gasteiger partial charge in [-0.05, 0) is 32.1 Å². The van der Waals surface area contributed by atoms with E-state index in [1.807, 2.05) is 11.3 Å². The van der Waals surface area contributed by atoms with Crippen molar-refractivity contribution in [1.29, 1.82) is 0 Å². The molecule has 0 saturated heterocycles. The summed E-state index contributed by atoms with van der Waals surface area (Å²) in [5.41, 5.74) is 0. The van der Waals surface area contributed by atoms with Gasteiger partial charge in [0.15, 0.2) is 0 Å². The summed E-state index contributed by atoms with van der Waals surface area (Å²) in [7, 11) is 4.29. The molecule has 1 aromatic rings. The summed E-state index contributed by atoms with van der Waals surface area (Å²) < 4.78 is 0. The van der Waals surface area contributed by atoms with Gasteiger partial charge in [-0.2, -0.15) is 0 Å². The van der Waals surface area contributed by atoms with Crippen LogP contribution >= 0.6 is 11.3 Å². The highest BCUT2D eigenvalue weighted by Gasteiger charge is 2.10. The van der Waals surface area contributed by atoms with Crippen LogP contribution in [0.2, 0.25) is 0 Å². The molecule has 0 saturated carbocycles. The summed E-state index contributed by atoms with van der Waals surface area (Å²) >= 11 is 1.95. The van der Waals surface area contributed by atoms with Gasteiger partial charge in [-0.15, -0.1) is 11.3 Å². The van der Waals surface area contributed by atoms with Gasteiger partial charge in [-0.3, -0.25) is 4.90 Å². The molecule has 0 aromatic carbocycles. The first kappa shape index (κ1) is 18.6. The lowest BCUT2D eigenvalue weighted by molar-refractivity contribution is 0.213. The number of hydrogen-bond acceptors (Lipinski definition) is 4. The Labute approximate surface area is 135 Å². The molecule has 1 heterocycles. The summed E-state index contributed by atoms with van der Waals surface area (Å²) in [6.45, 7) is 14.5. The third-order valence-electron chi connectivity index (χ3n) is 3.27. The van der Waals surface area contributed by atoms with Gasteiger partial charge in [0.25, 0.3) is 0 Å². The van der Waals surface area contributed by atoms with Gasteiger partial charge < -0.3 is 10.2 Å². The van der Waals surface area contributed by atoms with Gasteiger partial charge in [0.1, 0.15) is 0 Å². The highest BCUT2D eigenvalue weighted by Crippen LogP contribution is 2.19. The molecule has 0 unspecified atom stereocenters. The van der Waals surface area contributed by atoms with Crippen molar-refractivity contribution in [1.82, 2.24) is 15.1 Å². The van der Waals surface area contributed by atoms with Crippen LogP contribution in [0, 0.1) is 5.92 Å². The molecule has 0 amide bonds. The second kappa shape index (κ2) is 9.57. The van der Waals surface area contributed by atoms with E-state index in [0.29, 0.717) is 12.0 Å². The van der Waals surface area contributed by atoms with E-state index in [0.717, 1.165) is 26.2 Å². The lowest BCUT2D eigenvalue weighted by atomic mass is 10.2. The van der Waals surface area contributed by atoms with Crippen LogP contribution in [-0.2, 0) is 13.1 Å². The highest BCUT2D eigenvalue weighted by atomic mass is 32.1. The molecule has 1 N–H and O–H groups in total. The molecule has 3 nitrogen and oxygen atoms in total. The van der Waals surface area contributed by atoms with E-state index in [1.165, 1.54) is 16.3 Å². The smallest absolute Gasteiger partial charge is 0.0328 e. The van der Waals surface area contributed by atoms with E-state index in [2.05, 4.69) is 69.0 Å². The van der Waals surface area contributed by atoms with Crippen LogP contribution < -0.4 is 5.32 Å². The molecule has 0 bridgehead atoms. The third kappa shape index (κ3) is 8.57. The molecule has 0 aliphatic carbocycles. The largest absolute Gasteiger partial charge is 0.310 e. The van der Waals surface area contributed by atoms with Gasteiger partial charge in [-0.1, -0.05) is 27.7 Å². The van der Waals surface area contributed by atoms with Gasteiger partial charge in [0.05, 0.1) is 0 Å². The highest BCUT2D eigenvalue weighted by molar-refractivity contribution is 7.11. The molecule has 0 aliphatic heterocycles. The fourth-order valence-corrected chi connectivity index (χ4v) is 3.23. The van der Waals surface area contributed by atoms with Crippen molar-refractivity contribution in [2.24, 2.45) is 5.92 Å². The number of rotatable bonds is 10. The normalized spacial score (nSPS) is 12.3.